The van der Waals surface area contributed by atoms with Crippen LogP contribution in [0.3, 0.4) is 0 Å². The predicted octanol–water partition coefficient (Wildman–Crippen LogP) is 1.68. The number of hydrogen-bond donors (Lipinski definition) is 1. The van der Waals surface area contributed by atoms with Crippen LogP contribution in [-0.4, -0.2) is 42.5 Å². The maximum Gasteiger partial charge on any atom is 0.292 e. The van der Waals surface area contributed by atoms with Crippen molar-refractivity contribution in [1.29, 1.82) is 0 Å². The Labute approximate surface area is 122 Å². The Hall–Kier alpha value is -2.15. The molecule has 1 fully saturated rings. The summed E-state index contributed by atoms with van der Waals surface area (Å²) in [5, 5.41) is 10.9. The van der Waals surface area contributed by atoms with Gasteiger partial charge in [0.1, 0.15) is 5.69 Å². The first-order valence-corrected chi connectivity index (χ1v) is 6.86. The Kier molecular flexibility index (Phi) is 4.74. The molecule has 21 heavy (non-hydrogen) atoms. The third-order valence-corrected chi connectivity index (χ3v) is 3.64. The summed E-state index contributed by atoms with van der Waals surface area (Å²) in [5.41, 5.74) is 5.59. The van der Waals surface area contributed by atoms with Crippen LogP contribution in [0.2, 0.25) is 0 Å². The van der Waals surface area contributed by atoms with Crippen molar-refractivity contribution >= 4 is 17.3 Å². The molecule has 0 aliphatic carbocycles. The summed E-state index contributed by atoms with van der Waals surface area (Å²) in [6, 6.07) is 4.28. The average Bonchev–Trinajstić information content (AvgIpc) is 2.47. The van der Waals surface area contributed by atoms with Crippen LogP contribution in [0.25, 0.3) is 0 Å². The number of amides is 1. The third kappa shape index (κ3) is 3.49. The SMILES string of the molecule is CN(CC1CCCOC1)C(=O)c1cccc([N+](=O)[O-])c1N. The average molecular weight is 293 g/mol. The van der Waals surface area contributed by atoms with Crippen LogP contribution in [0, 0.1) is 16.0 Å². The molecular weight excluding hydrogens is 274 g/mol. The number of ether oxygens (including phenoxy) is 1. The van der Waals surface area contributed by atoms with Gasteiger partial charge in [-0.2, -0.15) is 0 Å². The van der Waals surface area contributed by atoms with Gasteiger partial charge in [0.25, 0.3) is 11.6 Å². The molecule has 2 rings (SSSR count). The zero-order valence-electron chi connectivity index (χ0n) is 11.9. The molecule has 1 amide bonds. The molecule has 7 heteroatoms. The van der Waals surface area contributed by atoms with Crippen molar-refractivity contribution in [3.05, 3.63) is 33.9 Å². The number of rotatable bonds is 4. The van der Waals surface area contributed by atoms with Gasteiger partial charge in [0, 0.05) is 26.3 Å². The van der Waals surface area contributed by atoms with E-state index in [0.717, 1.165) is 19.4 Å². The van der Waals surface area contributed by atoms with Crippen LogP contribution in [-0.2, 0) is 4.74 Å². The molecule has 0 aromatic heterocycles. The first kappa shape index (κ1) is 15.2. The van der Waals surface area contributed by atoms with Crippen molar-refractivity contribution in [3.8, 4) is 0 Å². The van der Waals surface area contributed by atoms with E-state index in [1.165, 1.54) is 18.2 Å². The minimum absolute atomic E-state index is 0.0840. The highest BCUT2D eigenvalue weighted by Crippen LogP contribution is 2.26. The topological polar surface area (TPSA) is 98.7 Å². The fraction of sp³-hybridized carbons (Fsp3) is 0.500. The first-order valence-electron chi connectivity index (χ1n) is 6.86. The van der Waals surface area contributed by atoms with Crippen molar-refractivity contribution in [3.63, 3.8) is 0 Å². The van der Waals surface area contributed by atoms with Crippen molar-refractivity contribution < 1.29 is 14.5 Å². The summed E-state index contributed by atoms with van der Waals surface area (Å²) in [6.07, 6.45) is 2.01. The highest BCUT2D eigenvalue weighted by Gasteiger charge is 2.24. The number of anilines is 1. The minimum Gasteiger partial charge on any atom is -0.393 e. The van der Waals surface area contributed by atoms with Gasteiger partial charge in [0.2, 0.25) is 0 Å². The molecule has 1 aromatic rings. The lowest BCUT2D eigenvalue weighted by Crippen LogP contribution is -2.35. The minimum atomic E-state index is -0.582. The number of carbonyl (C=O) groups excluding carboxylic acids is 1. The van der Waals surface area contributed by atoms with Crippen LogP contribution in [0.15, 0.2) is 18.2 Å². The Balaban J connectivity index is 2.11. The normalized spacial score (nSPS) is 18.2. The zero-order chi connectivity index (χ0) is 15.4. The third-order valence-electron chi connectivity index (χ3n) is 3.64. The molecule has 0 saturated carbocycles. The van der Waals surface area contributed by atoms with E-state index in [4.69, 9.17) is 10.5 Å². The van der Waals surface area contributed by atoms with E-state index in [1.54, 1.807) is 11.9 Å². The molecule has 1 heterocycles. The van der Waals surface area contributed by atoms with E-state index in [-0.39, 0.29) is 22.8 Å². The van der Waals surface area contributed by atoms with Gasteiger partial charge in [-0.25, -0.2) is 0 Å². The number of nitro groups is 1. The van der Waals surface area contributed by atoms with E-state index in [1.807, 2.05) is 0 Å². The quantitative estimate of drug-likeness (QED) is 0.517. The monoisotopic (exact) mass is 293 g/mol. The molecule has 1 aliphatic rings. The summed E-state index contributed by atoms with van der Waals surface area (Å²) >= 11 is 0. The van der Waals surface area contributed by atoms with Gasteiger partial charge in [-0.15, -0.1) is 0 Å². The van der Waals surface area contributed by atoms with Crippen molar-refractivity contribution in [2.24, 2.45) is 5.92 Å². The Bertz CT molecular complexity index is 541. The second-order valence-electron chi connectivity index (χ2n) is 5.26. The van der Waals surface area contributed by atoms with Crippen molar-refractivity contribution in [2.45, 2.75) is 12.8 Å². The fourth-order valence-electron chi connectivity index (χ4n) is 2.53. The van der Waals surface area contributed by atoms with Gasteiger partial charge < -0.3 is 15.4 Å². The van der Waals surface area contributed by atoms with Gasteiger partial charge in [-0.1, -0.05) is 6.07 Å². The molecule has 7 nitrogen and oxygen atoms in total. The number of nitrogens with two attached hydrogens (primary N) is 1. The second kappa shape index (κ2) is 6.53. The van der Waals surface area contributed by atoms with Gasteiger partial charge in [-0.05, 0) is 24.8 Å². The standard InChI is InChI=1S/C14H19N3O4/c1-16(8-10-4-3-7-21-9-10)14(18)11-5-2-6-12(13(11)15)17(19)20/h2,5-6,10H,3-4,7-9,15H2,1H3. The second-order valence-corrected chi connectivity index (χ2v) is 5.26. The number of nitro benzene ring substituents is 1. The van der Waals surface area contributed by atoms with E-state index >= 15 is 0 Å². The fourth-order valence-corrected chi connectivity index (χ4v) is 2.53. The van der Waals surface area contributed by atoms with Crippen LogP contribution in [0.5, 0.6) is 0 Å². The van der Waals surface area contributed by atoms with E-state index < -0.39 is 4.92 Å². The van der Waals surface area contributed by atoms with Gasteiger partial charge in [0.05, 0.1) is 17.1 Å². The van der Waals surface area contributed by atoms with Crippen molar-refractivity contribution in [2.75, 3.05) is 32.5 Å². The van der Waals surface area contributed by atoms with Crippen molar-refractivity contribution in [1.82, 2.24) is 4.90 Å². The van der Waals surface area contributed by atoms with E-state index in [0.29, 0.717) is 19.1 Å². The maximum absolute atomic E-state index is 12.4. The Morgan fingerprint density at radius 2 is 2.33 bits per heavy atom. The van der Waals surface area contributed by atoms with Gasteiger partial charge in [-0.3, -0.25) is 14.9 Å². The largest absolute Gasteiger partial charge is 0.393 e. The number of benzene rings is 1. The Morgan fingerprint density at radius 1 is 1.57 bits per heavy atom. The summed E-state index contributed by atoms with van der Waals surface area (Å²) in [4.78, 5) is 24.2. The summed E-state index contributed by atoms with van der Waals surface area (Å²) in [6.45, 7) is 1.97. The van der Waals surface area contributed by atoms with Gasteiger partial charge >= 0.3 is 0 Å². The lowest BCUT2D eigenvalue weighted by Gasteiger charge is -2.27. The molecule has 1 aliphatic heterocycles. The Morgan fingerprint density at radius 3 is 2.95 bits per heavy atom. The highest BCUT2D eigenvalue weighted by molar-refractivity contribution is 6.00. The number of nitrogen functional groups attached to an aromatic ring is 1. The molecule has 2 N–H and O–H groups in total. The molecule has 0 bridgehead atoms. The van der Waals surface area contributed by atoms with Gasteiger partial charge in [0.15, 0.2) is 0 Å². The van der Waals surface area contributed by atoms with E-state index in [9.17, 15) is 14.9 Å². The van der Waals surface area contributed by atoms with E-state index in [2.05, 4.69) is 0 Å². The van der Waals surface area contributed by atoms with Crippen LogP contribution in [0.4, 0.5) is 11.4 Å². The molecule has 1 saturated heterocycles. The summed E-state index contributed by atoms with van der Waals surface area (Å²) in [5.74, 6) is -0.00519. The molecule has 1 unspecified atom stereocenters. The molecular formula is C14H19N3O4. The number of carbonyl (C=O) groups is 1. The lowest BCUT2D eigenvalue weighted by atomic mass is 10.0. The van der Waals surface area contributed by atoms with Crippen LogP contribution < -0.4 is 5.73 Å². The van der Waals surface area contributed by atoms with Crippen LogP contribution in [0.1, 0.15) is 23.2 Å². The van der Waals surface area contributed by atoms with Crippen LogP contribution >= 0.6 is 0 Å². The number of hydrogen-bond acceptors (Lipinski definition) is 5. The molecule has 1 aromatic carbocycles. The smallest absolute Gasteiger partial charge is 0.292 e. The molecule has 1 atom stereocenters. The number of para-hydroxylation sites is 1. The highest BCUT2D eigenvalue weighted by atomic mass is 16.6. The summed E-state index contributed by atoms with van der Waals surface area (Å²) in [7, 11) is 1.68. The molecule has 0 radical (unpaired) electrons. The molecule has 114 valence electrons. The number of nitrogens with zero attached hydrogens (tertiary/aromatic N) is 2. The zero-order valence-corrected chi connectivity index (χ0v) is 11.9. The lowest BCUT2D eigenvalue weighted by molar-refractivity contribution is -0.383. The summed E-state index contributed by atoms with van der Waals surface area (Å²) < 4.78 is 5.39. The first-order chi connectivity index (χ1) is 10.0. The molecule has 0 spiro atoms. The maximum atomic E-state index is 12.4. The predicted molar refractivity (Wildman–Crippen MR) is 78.0 cm³/mol.